The molecule has 13 heteroatoms. The van der Waals surface area contributed by atoms with E-state index in [2.05, 4.69) is 20.4 Å². The van der Waals surface area contributed by atoms with Crippen LogP contribution in [0.15, 0.2) is 36.5 Å². The van der Waals surface area contributed by atoms with Crippen molar-refractivity contribution in [3.8, 4) is 17.3 Å². The Morgan fingerprint density at radius 1 is 1.23 bits per heavy atom. The second-order valence-corrected chi connectivity index (χ2v) is 9.33. The first-order valence-electron chi connectivity index (χ1n) is 10.6. The van der Waals surface area contributed by atoms with Crippen LogP contribution >= 0.6 is 11.6 Å². The molecule has 0 spiro atoms. The molecule has 2 atom stereocenters. The Labute approximate surface area is 204 Å². The highest BCUT2D eigenvalue weighted by Gasteiger charge is 2.43. The molecule has 1 aromatic carbocycles. The van der Waals surface area contributed by atoms with Crippen LogP contribution in [0, 0.1) is 5.82 Å². The Balaban J connectivity index is 1.46. The lowest BCUT2D eigenvalue weighted by Gasteiger charge is -2.26. The van der Waals surface area contributed by atoms with Crippen LogP contribution in [0.4, 0.5) is 9.18 Å². The van der Waals surface area contributed by atoms with Gasteiger partial charge in [0.1, 0.15) is 17.4 Å². The van der Waals surface area contributed by atoms with Crippen LogP contribution in [0.5, 0.6) is 11.6 Å². The minimum atomic E-state index is -1.13. The van der Waals surface area contributed by atoms with E-state index in [1.54, 1.807) is 45.0 Å². The van der Waals surface area contributed by atoms with Crippen molar-refractivity contribution in [2.75, 3.05) is 6.54 Å². The summed E-state index contributed by atoms with van der Waals surface area (Å²) >= 11 is 5.69. The van der Waals surface area contributed by atoms with Gasteiger partial charge < -0.3 is 14.6 Å². The van der Waals surface area contributed by atoms with Gasteiger partial charge in [0.15, 0.2) is 11.6 Å². The van der Waals surface area contributed by atoms with Gasteiger partial charge in [-0.3, -0.25) is 4.90 Å². The Hall–Kier alpha value is -3.80. The van der Waals surface area contributed by atoms with Crippen LogP contribution in [0.1, 0.15) is 38.9 Å². The number of ether oxygens (including phenoxy) is 2. The molecule has 4 rings (SSSR count). The first kappa shape index (κ1) is 24.3. The lowest BCUT2D eigenvalue weighted by Crippen LogP contribution is -2.43. The number of halogens is 2. The number of carboxylic acids is 1. The molecule has 0 radical (unpaired) electrons. The summed E-state index contributed by atoms with van der Waals surface area (Å²) in [5.74, 6) is -1.84. The zero-order chi connectivity index (χ0) is 25.3. The maximum absolute atomic E-state index is 13.9. The number of rotatable bonds is 5. The van der Waals surface area contributed by atoms with Crippen molar-refractivity contribution in [2.45, 2.75) is 44.8 Å². The first-order valence-corrected chi connectivity index (χ1v) is 11.0. The van der Waals surface area contributed by atoms with Gasteiger partial charge in [-0.05, 0) is 62.7 Å². The average Bonchev–Trinajstić information content (AvgIpc) is 3.43. The summed E-state index contributed by atoms with van der Waals surface area (Å²) in [7, 11) is 0. The highest BCUT2D eigenvalue weighted by atomic mass is 35.5. The molecule has 11 nitrogen and oxygen atoms in total. The van der Waals surface area contributed by atoms with Gasteiger partial charge >= 0.3 is 12.1 Å². The van der Waals surface area contributed by atoms with E-state index >= 15 is 0 Å². The van der Waals surface area contributed by atoms with Gasteiger partial charge in [0, 0.05) is 18.7 Å². The maximum atomic E-state index is 13.9. The summed E-state index contributed by atoms with van der Waals surface area (Å²) in [6.07, 6.45) is 0.700. The third-order valence-electron chi connectivity index (χ3n) is 5.06. The van der Waals surface area contributed by atoms with Crippen LogP contribution in [-0.4, -0.2) is 65.4 Å². The van der Waals surface area contributed by atoms with Gasteiger partial charge in [-0.1, -0.05) is 11.6 Å². The number of amides is 1. The molecule has 184 valence electrons. The highest BCUT2D eigenvalue weighted by Crippen LogP contribution is 2.31. The zero-order valence-electron chi connectivity index (χ0n) is 19.1. The number of benzene rings is 1. The Morgan fingerprint density at radius 2 is 1.94 bits per heavy atom. The molecule has 3 aromatic rings. The average molecular weight is 505 g/mol. The number of aliphatic carboxylic acids is 1. The minimum absolute atomic E-state index is 0.0873. The molecule has 0 unspecified atom stereocenters. The number of likely N-dealkylation sites (tertiary alicyclic amines) is 1. The van der Waals surface area contributed by atoms with E-state index in [0.717, 1.165) is 6.07 Å². The van der Waals surface area contributed by atoms with Crippen LogP contribution in [0.3, 0.4) is 0 Å². The number of hydrogen-bond donors (Lipinski definition) is 1. The van der Waals surface area contributed by atoms with E-state index in [0.29, 0.717) is 17.3 Å². The lowest BCUT2D eigenvalue weighted by atomic mass is 10.1. The molecular formula is C22H22ClFN6O5. The molecule has 0 aliphatic carbocycles. The van der Waals surface area contributed by atoms with Crippen molar-refractivity contribution in [1.82, 2.24) is 30.1 Å². The molecule has 3 heterocycles. The number of carbonyl (C=O) groups is 2. The van der Waals surface area contributed by atoms with Crippen LogP contribution in [0.25, 0.3) is 5.69 Å². The molecule has 1 aliphatic heterocycles. The number of carboxylic acid groups (broad SMARTS) is 1. The summed E-state index contributed by atoms with van der Waals surface area (Å²) in [6, 6.07) is 6.47. The summed E-state index contributed by atoms with van der Waals surface area (Å²) < 4.78 is 24.7. The molecular weight excluding hydrogens is 483 g/mol. The predicted octanol–water partition coefficient (Wildman–Crippen LogP) is 3.82. The molecule has 1 N–H and O–H groups in total. The molecule has 1 aliphatic rings. The van der Waals surface area contributed by atoms with Crippen LogP contribution in [0.2, 0.25) is 5.02 Å². The van der Waals surface area contributed by atoms with Crippen molar-refractivity contribution in [3.63, 3.8) is 0 Å². The number of carbonyl (C=O) groups excluding carboxylic acids is 1. The van der Waals surface area contributed by atoms with E-state index in [1.807, 2.05) is 0 Å². The predicted molar refractivity (Wildman–Crippen MR) is 120 cm³/mol. The Morgan fingerprint density at radius 3 is 2.57 bits per heavy atom. The fourth-order valence-electron chi connectivity index (χ4n) is 3.51. The second-order valence-electron chi connectivity index (χ2n) is 8.89. The number of pyridine rings is 1. The quantitative estimate of drug-likeness (QED) is 0.550. The third-order valence-corrected chi connectivity index (χ3v) is 5.27. The first-order chi connectivity index (χ1) is 16.5. The van der Waals surface area contributed by atoms with Gasteiger partial charge in [0.25, 0.3) is 5.88 Å². The van der Waals surface area contributed by atoms with Gasteiger partial charge in [-0.25, -0.2) is 19.0 Å². The molecule has 0 saturated carbocycles. The van der Waals surface area contributed by atoms with Crippen molar-refractivity contribution < 1.29 is 28.6 Å². The highest BCUT2D eigenvalue weighted by molar-refractivity contribution is 6.30. The smallest absolute Gasteiger partial charge is 0.411 e. The van der Waals surface area contributed by atoms with E-state index < -0.39 is 35.4 Å². The monoisotopic (exact) mass is 504 g/mol. The normalized spacial score (nSPS) is 17.9. The largest absolute Gasteiger partial charge is 0.480 e. The van der Waals surface area contributed by atoms with E-state index in [-0.39, 0.29) is 23.9 Å². The number of aromatic nitrogens is 5. The van der Waals surface area contributed by atoms with Crippen molar-refractivity contribution in [2.24, 2.45) is 0 Å². The van der Waals surface area contributed by atoms with Crippen LogP contribution < -0.4 is 4.74 Å². The summed E-state index contributed by atoms with van der Waals surface area (Å²) in [5.41, 5.74) is -0.220. The molecule has 1 fully saturated rings. The van der Waals surface area contributed by atoms with Crippen LogP contribution in [-0.2, 0) is 9.53 Å². The van der Waals surface area contributed by atoms with Gasteiger partial charge in [-0.15, -0.1) is 15.0 Å². The number of nitrogens with zero attached hydrogens (tertiary/aromatic N) is 6. The van der Waals surface area contributed by atoms with E-state index in [1.165, 1.54) is 15.9 Å². The number of hydrogen-bond acceptors (Lipinski definition) is 8. The van der Waals surface area contributed by atoms with Gasteiger partial charge in [0.2, 0.25) is 0 Å². The maximum Gasteiger partial charge on any atom is 0.411 e. The summed E-state index contributed by atoms with van der Waals surface area (Å²) in [6.45, 7) is 5.21. The number of tetrazole rings is 1. The molecule has 0 bridgehead atoms. The molecule has 1 amide bonds. The van der Waals surface area contributed by atoms with Gasteiger partial charge in [0.05, 0.1) is 10.7 Å². The van der Waals surface area contributed by atoms with Crippen molar-refractivity contribution in [1.29, 1.82) is 0 Å². The van der Waals surface area contributed by atoms with Gasteiger partial charge in [-0.2, -0.15) is 0 Å². The molecule has 1 saturated heterocycles. The minimum Gasteiger partial charge on any atom is -0.480 e. The SMILES string of the molecule is CC(C)(C)OC(=O)N1C[C@@H](c2nnn(-c3ccc(Oc4ncc(Cl)cc4F)cc3)n2)C[C@H]1C(=O)O. The summed E-state index contributed by atoms with van der Waals surface area (Å²) in [5, 5.41) is 22.2. The zero-order valence-corrected chi connectivity index (χ0v) is 19.8. The van der Waals surface area contributed by atoms with Crippen molar-refractivity contribution in [3.05, 3.63) is 53.2 Å². The Bertz CT molecular complexity index is 1250. The standard InChI is InChI=1S/C22H22ClFN6O5/c1-22(2,3)35-21(33)29-11-12(8-17(29)20(31)32)18-26-28-30(27-18)14-4-6-15(7-5-14)34-19-16(24)9-13(23)10-25-19/h4-7,9-10,12,17H,8,11H2,1-3H3,(H,31,32)/t12-,17-/m0/s1. The fourth-order valence-corrected chi connectivity index (χ4v) is 3.66. The molecule has 2 aromatic heterocycles. The summed E-state index contributed by atoms with van der Waals surface area (Å²) in [4.78, 5) is 30.5. The second kappa shape index (κ2) is 9.45. The molecule has 35 heavy (non-hydrogen) atoms. The Kier molecular flexibility index (Phi) is 6.57. The third kappa shape index (κ3) is 5.65. The van der Waals surface area contributed by atoms with E-state index in [9.17, 15) is 19.1 Å². The lowest BCUT2D eigenvalue weighted by molar-refractivity contribution is -0.142. The van der Waals surface area contributed by atoms with E-state index in [4.69, 9.17) is 21.1 Å². The topological polar surface area (TPSA) is 133 Å². The fraction of sp³-hybridized carbons (Fsp3) is 0.364. The van der Waals surface area contributed by atoms with Crippen molar-refractivity contribution >= 4 is 23.7 Å².